The van der Waals surface area contributed by atoms with E-state index in [0.717, 1.165) is 24.4 Å². The van der Waals surface area contributed by atoms with Gasteiger partial charge in [-0.15, -0.1) is 0 Å². The van der Waals surface area contributed by atoms with E-state index in [1.54, 1.807) is 7.11 Å². The van der Waals surface area contributed by atoms with Crippen LogP contribution in [0, 0.1) is 25.7 Å². The van der Waals surface area contributed by atoms with Gasteiger partial charge in [-0.1, -0.05) is 71.5 Å². The van der Waals surface area contributed by atoms with Gasteiger partial charge in [-0.05, 0) is 49.2 Å². The van der Waals surface area contributed by atoms with Crippen molar-refractivity contribution in [3.63, 3.8) is 0 Å². The first-order chi connectivity index (χ1) is 13.6. The van der Waals surface area contributed by atoms with Crippen LogP contribution in [-0.2, 0) is 13.1 Å². The molecule has 0 N–H and O–H groups in total. The Morgan fingerprint density at radius 2 is 1.21 bits per heavy atom. The van der Waals surface area contributed by atoms with Gasteiger partial charge in [0.25, 0.3) is 0 Å². The summed E-state index contributed by atoms with van der Waals surface area (Å²) in [7, 11) is 1.68. The minimum absolute atomic E-state index is 0.716. The number of hydrogen-bond donors (Lipinski definition) is 0. The number of methoxy groups -OCH3 is 1. The maximum atomic E-state index is 5.20. The first-order valence-electron chi connectivity index (χ1n) is 9.59. The molecule has 3 rings (SSSR count). The molecular formula is C26H27NO. The van der Waals surface area contributed by atoms with Crippen molar-refractivity contribution in [2.45, 2.75) is 26.9 Å². The number of benzene rings is 3. The minimum atomic E-state index is 0.716. The molecule has 0 bridgehead atoms. The second-order valence-electron chi connectivity index (χ2n) is 7.15. The summed E-state index contributed by atoms with van der Waals surface area (Å²) in [6.07, 6.45) is 0. The van der Waals surface area contributed by atoms with E-state index in [9.17, 15) is 0 Å². The van der Waals surface area contributed by atoms with E-state index in [-0.39, 0.29) is 0 Å². The lowest BCUT2D eigenvalue weighted by molar-refractivity contribution is 0.290. The van der Waals surface area contributed by atoms with E-state index >= 15 is 0 Å². The van der Waals surface area contributed by atoms with E-state index < -0.39 is 0 Å². The SMILES string of the molecule is COc1ccc(C#CCN(Cc2ccc(C)cc2)Cc2ccc(C)cc2)cc1. The number of nitrogens with zero attached hydrogens (tertiary/aromatic N) is 1. The third-order valence-corrected chi connectivity index (χ3v) is 4.68. The van der Waals surface area contributed by atoms with Crippen LogP contribution < -0.4 is 4.74 Å². The van der Waals surface area contributed by atoms with E-state index in [1.807, 2.05) is 24.3 Å². The van der Waals surface area contributed by atoms with Crippen LogP contribution in [0.5, 0.6) is 5.75 Å². The average molecular weight is 370 g/mol. The fraction of sp³-hybridized carbons (Fsp3) is 0.231. The number of ether oxygens (including phenoxy) is 1. The molecule has 0 aliphatic heterocycles. The quantitative estimate of drug-likeness (QED) is 0.542. The Morgan fingerprint density at radius 1 is 0.714 bits per heavy atom. The predicted molar refractivity (Wildman–Crippen MR) is 116 cm³/mol. The highest BCUT2D eigenvalue weighted by Crippen LogP contribution is 2.13. The lowest BCUT2D eigenvalue weighted by Gasteiger charge is -2.20. The van der Waals surface area contributed by atoms with Crippen molar-refractivity contribution in [2.24, 2.45) is 0 Å². The summed E-state index contributed by atoms with van der Waals surface area (Å²) in [5.41, 5.74) is 6.20. The molecule has 0 heterocycles. The number of hydrogen-bond acceptors (Lipinski definition) is 2. The molecule has 28 heavy (non-hydrogen) atoms. The zero-order valence-electron chi connectivity index (χ0n) is 16.9. The van der Waals surface area contributed by atoms with E-state index in [4.69, 9.17) is 4.74 Å². The van der Waals surface area contributed by atoms with E-state index in [0.29, 0.717) is 6.54 Å². The van der Waals surface area contributed by atoms with Crippen molar-refractivity contribution >= 4 is 0 Å². The zero-order valence-corrected chi connectivity index (χ0v) is 16.9. The molecule has 0 aromatic heterocycles. The Balaban J connectivity index is 1.72. The molecule has 0 saturated carbocycles. The van der Waals surface area contributed by atoms with Crippen LogP contribution in [-0.4, -0.2) is 18.6 Å². The van der Waals surface area contributed by atoms with Crippen LogP contribution in [0.3, 0.4) is 0 Å². The molecule has 0 aliphatic carbocycles. The summed E-state index contributed by atoms with van der Waals surface area (Å²) < 4.78 is 5.20. The molecule has 0 aliphatic rings. The van der Waals surface area contributed by atoms with Crippen molar-refractivity contribution in [1.29, 1.82) is 0 Å². The smallest absolute Gasteiger partial charge is 0.118 e. The van der Waals surface area contributed by atoms with E-state index in [1.165, 1.54) is 22.3 Å². The largest absolute Gasteiger partial charge is 0.497 e. The summed E-state index contributed by atoms with van der Waals surface area (Å²) in [5, 5.41) is 0. The highest BCUT2D eigenvalue weighted by molar-refractivity contribution is 5.38. The van der Waals surface area contributed by atoms with Gasteiger partial charge in [-0.25, -0.2) is 0 Å². The molecule has 0 atom stereocenters. The summed E-state index contributed by atoms with van der Waals surface area (Å²) in [5.74, 6) is 7.46. The van der Waals surface area contributed by atoms with Gasteiger partial charge in [0.15, 0.2) is 0 Å². The molecule has 0 spiro atoms. The van der Waals surface area contributed by atoms with Gasteiger partial charge >= 0.3 is 0 Å². The monoisotopic (exact) mass is 369 g/mol. The Hall–Kier alpha value is -3.02. The van der Waals surface area contributed by atoms with Gasteiger partial charge in [0.05, 0.1) is 13.7 Å². The van der Waals surface area contributed by atoms with Crippen LogP contribution in [0.4, 0.5) is 0 Å². The third kappa shape index (κ3) is 6.01. The van der Waals surface area contributed by atoms with Crippen LogP contribution >= 0.6 is 0 Å². The second-order valence-corrected chi connectivity index (χ2v) is 7.15. The lowest BCUT2D eigenvalue weighted by atomic mass is 10.1. The maximum Gasteiger partial charge on any atom is 0.118 e. The van der Waals surface area contributed by atoms with Crippen LogP contribution in [0.15, 0.2) is 72.8 Å². The summed E-state index contributed by atoms with van der Waals surface area (Å²) in [6.45, 7) is 6.72. The molecular weight excluding hydrogens is 342 g/mol. The van der Waals surface area contributed by atoms with Crippen LogP contribution in [0.25, 0.3) is 0 Å². The maximum absolute atomic E-state index is 5.20. The predicted octanol–water partition coefficient (Wildman–Crippen LogP) is 5.37. The molecule has 0 radical (unpaired) electrons. The molecule has 0 fully saturated rings. The summed E-state index contributed by atoms with van der Waals surface area (Å²) in [4.78, 5) is 2.38. The fourth-order valence-corrected chi connectivity index (χ4v) is 3.00. The molecule has 0 saturated heterocycles. The number of rotatable bonds is 6. The van der Waals surface area contributed by atoms with Crippen molar-refractivity contribution < 1.29 is 4.74 Å². The van der Waals surface area contributed by atoms with Crippen molar-refractivity contribution in [3.05, 3.63) is 101 Å². The average Bonchev–Trinajstić information content (AvgIpc) is 2.72. The van der Waals surface area contributed by atoms with Crippen LogP contribution in [0.1, 0.15) is 27.8 Å². The molecule has 3 aromatic carbocycles. The normalized spacial score (nSPS) is 10.4. The first-order valence-corrected chi connectivity index (χ1v) is 9.59. The lowest BCUT2D eigenvalue weighted by Crippen LogP contribution is -2.23. The standard InChI is InChI=1S/C26H27NO/c1-21-6-10-24(11-7-21)19-27(20-25-12-8-22(2)9-13-25)18-4-5-23-14-16-26(28-3)17-15-23/h6-17H,18-20H2,1-3H3. The highest BCUT2D eigenvalue weighted by atomic mass is 16.5. The van der Waals surface area contributed by atoms with Gasteiger partial charge in [0.1, 0.15) is 5.75 Å². The van der Waals surface area contributed by atoms with Crippen molar-refractivity contribution in [1.82, 2.24) is 4.90 Å². The Bertz CT molecular complexity index is 881. The zero-order chi connectivity index (χ0) is 19.8. The fourth-order valence-electron chi connectivity index (χ4n) is 3.00. The summed E-state index contributed by atoms with van der Waals surface area (Å²) >= 11 is 0. The Morgan fingerprint density at radius 3 is 1.68 bits per heavy atom. The van der Waals surface area contributed by atoms with Crippen molar-refractivity contribution in [2.75, 3.05) is 13.7 Å². The van der Waals surface area contributed by atoms with Crippen molar-refractivity contribution in [3.8, 4) is 17.6 Å². The van der Waals surface area contributed by atoms with Gasteiger partial charge in [-0.3, -0.25) is 4.90 Å². The molecule has 3 aromatic rings. The Labute approximate surface area is 168 Å². The topological polar surface area (TPSA) is 12.5 Å². The molecule has 142 valence electrons. The summed E-state index contributed by atoms with van der Waals surface area (Å²) in [6, 6.07) is 25.4. The minimum Gasteiger partial charge on any atom is -0.497 e. The first kappa shape index (κ1) is 19.7. The third-order valence-electron chi connectivity index (χ3n) is 4.68. The highest BCUT2D eigenvalue weighted by Gasteiger charge is 2.06. The molecule has 2 nitrogen and oxygen atoms in total. The van der Waals surface area contributed by atoms with Gasteiger partial charge in [0.2, 0.25) is 0 Å². The molecule has 0 unspecified atom stereocenters. The molecule has 0 amide bonds. The van der Waals surface area contributed by atoms with Crippen LogP contribution in [0.2, 0.25) is 0 Å². The van der Waals surface area contributed by atoms with Gasteiger partial charge < -0.3 is 4.74 Å². The van der Waals surface area contributed by atoms with Gasteiger partial charge in [0, 0.05) is 18.7 Å². The number of aryl methyl sites for hydroxylation is 2. The van der Waals surface area contributed by atoms with E-state index in [2.05, 4.69) is 79.1 Å². The Kier molecular flexibility index (Phi) is 6.89. The second kappa shape index (κ2) is 9.78. The van der Waals surface area contributed by atoms with Gasteiger partial charge in [-0.2, -0.15) is 0 Å². The molecule has 2 heteroatoms.